The molecule has 0 saturated carbocycles. The molecule has 0 aliphatic rings. The summed E-state index contributed by atoms with van der Waals surface area (Å²) in [6.45, 7) is 6.98. The molecule has 0 spiro atoms. The highest BCUT2D eigenvalue weighted by Crippen LogP contribution is 2.27. The van der Waals surface area contributed by atoms with Crippen LogP contribution in [0.4, 0.5) is 0 Å². The van der Waals surface area contributed by atoms with E-state index in [0.29, 0.717) is 5.69 Å². The summed E-state index contributed by atoms with van der Waals surface area (Å²) in [5, 5.41) is 6.18. The molecule has 0 unspecified atom stereocenters. The number of thiazole rings is 1. The summed E-state index contributed by atoms with van der Waals surface area (Å²) in [6, 6.07) is 18.1. The number of aromatic nitrogens is 2. The first-order valence-electron chi connectivity index (χ1n) is 9.54. The van der Waals surface area contributed by atoms with Crippen molar-refractivity contribution in [2.75, 3.05) is 0 Å². The van der Waals surface area contributed by atoms with E-state index >= 15 is 0 Å². The van der Waals surface area contributed by atoms with Crippen molar-refractivity contribution in [2.24, 2.45) is 5.10 Å². The molecular formula is C23H22N4OS. The van der Waals surface area contributed by atoms with Crippen LogP contribution in [0.3, 0.4) is 0 Å². The number of hydrogen-bond donors (Lipinski definition) is 1. The molecule has 0 fully saturated rings. The van der Waals surface area contributed by atoms with E-state index in [9.17, 15) is 4.79 Å². The molecule has 4 rings (SSSR count). The minimum Gasteiger partial charge on any atom is -0.344 e. The summed E-state index contributed by atoms with van der Waals surface area (Å²) >= 11 is 1.51. The molecule has 6 heteroatoms. The van der Waals surface area contributed by atoms with Crippen molar-refractivity contribution in [2.45, 2.75) is 27.3 Å². The van der Waals surface area contributed by atoms with Crippen molar-refractivity contribution in [1.29, 1.82) is 0 Å². The lowest BCUT2D eigenvalue weighted by atomic mass is 10.1. The Morgan fingerprint density at radius 3 is 2.62 bits per heavy atom. The number of carbonyl (C=O) groups is 1. The largest absolute Gasteiger partial charge is 0.344 e. The molecule has 0 aliphatic carbocycles. The van der Waals surface area contributed by atoms with Crippen LogP contribution in [0, 0.1) is 13.8 Å². The quantitative estimate of drug-likeness (QED) is 0.370. The summed E-state index contributed by atoms with van der Waals surface area (Å²) in [5.74, 6) is -0.297. The number of fused-ring (bicyclic) bond motifs is 1. The highest BCUT2D eigenvalue weighted by atomic mass is 32.1. The molecule has 0 atom stereocenters. The number of hydrogen-bond acceptors (Lipinski definition) is 4. The number of benzene rings is 2. The maximum absolute atomic E-state index is 12.6. The van der Waals surface area contributed by atoms with E-state index in [1.807, 2.05) is 49.4 Å². The second-order valence-electron chi connectivity index (χ2n) is 6.75. The van der Waals surface area contributed by atoms with Crippen LogP contribution in [-0.4, -0.2) is 21.7 Å². The van der Waals surface area contributed by atoms with Crippen LogP contribution in [-0.2, 0) is 6.54 Å². The van der Waals surface area contributed by atoms with Gasteiger partial charge in [0.05, 0.1) is 6.21 Å². The Morgan fingerprint density at radius 1 is 1.14 bits per heavy atom. The normalized spacial score (nSPS) is 11.4. The third kappa shape index (κ3) is 3.59. The van der Waals surface area contributed by atoms with Crippen LogP contribution >= 0.6 is 11.3 Å². The van der Waals surface area contributed by atoms with Crippen LogP contribution < -0.4 is 5.43 Å². The number of hydrazone groups is 1. The molecule has 2 heterocycles. The van der Waals surface area contributed by atoms with Crippen LogP contribution in [0.25, 0.3) is 21.5 Å². The predicted molar refractivity (Wildman–Crippen MR) is 120 cm³/mol. The number of nitrogens with one attached hydrogen (secondary N) is 1. The van der Waals surface area contributed by atoms with Crippen LogP contribution in [0.2, 0.25) is 0 Å². The fourth-order valence-corrected chi connectivity index (χ4v) is 4.46. The molecule has 1 amide bonds. The topological polar surface area (TPSA) is 59.3 Å². The summed E-state index contributed by atoms with van der Waals surface area (Å²) in [5.41, 5.74) is 7.37. The van der Waals surface area contributed by atoms with Gasteiger partial charge in [-0.1, -0.05) is 48.5 Å². The van der Waals surface area contributed by atoms with E-state index in [-0.39, 0.29) is 5.91 Å². The van der Waals surface area contributed by atoms with Gasteiger partial charge in [-0.2, -0.15) is 5.10 Å². The van der Waals surface area contributed by atoms with Crippen molar-refractivity contribution in [1.82, 2.24) is 15.0 Å². The first kappa shape index (κ1) is 19.1. The highest BCUT2D eigenvalue weighted by Gasteiger charge is 2.16. The number of amides is 1. The van der Waals surface area contributed by atoms with Gasteiger partial charge in [0.25, 0.3) is 5.91 Å². The maximum Gasteiger partial charge on any atom is 0.291 e. The minimum atomic E-state index is -0.297. The van der Waals surface area contributed by atoms with Crippen molar-refractivity contribution < 1.29 is 4.79 Å². The first-order valence-corrected chi connectivity index (χ1v) is 10.4. The summed E-state index contributed by atoms with van der Waals surface area (Å²) in [7, 11) is 0. The standard InChI is InChI=1S/C23H22N4OS/c1-4-27-15(2)19(18-12-8-9-13-20(18)27)14-24-26-22(28)21-16(3)29-23(25-21)17-10-6-5-7-11-17/h5-14H,4H2,1-3H3,(H,26,28)/b24-14-. The van der Waals surface area contributed by atoms with E-state index in [4.69, 9.17) is 0 Å². The van der Waals surface area contributed by atoms with Crippen LogP contribution in [0.1, 0.15) is 33.5 Å². The van der Waals surface area contributed by atoms with Gasteiger partial charge in [-0.3, -0.25) is 4.79 Å². The molecule has 1 N–H and O–H groups in total. The minimum absolute atomic E-state index is 0.297. The van der Waals surface area contributed by atoms with E-state index in [1.54, 1.807) is 6.21 Å². The Balaban J connectivity index is 1.57. The smallest absolute Gasteiger partial charge is 0.291 e. The average molecular weight is 403 g/mol. The van der Waals surface area contributed by atoms with Gasteiger partial charge >= 0.3 is 0 Å². The molecule has 146 valence electrons. The zero-order valence-corrected chi connectivity index (χ0v) is 17.5. The SMILES string of the molecule is CCn1c(C)c(/C=N\NC(=O)c2nc(-c3ccccc3)sc2C)c2ccccc21. The first-order chi connectivity index (χ1) is 14.1. The Bertz CT molecular complexity index is 1200. The van der Waals surface area contributed by atoms with E-state index < -0.39 is 0 Å². The molecule has 2 aromatic heterocycles. The molecule has 2 aromatic carbocycles. The third-order valence-corrected chi connectivity index (χ3v) is 6.01. The zero-order valence-electron chi connectivity index (χ0n) is 16.6. The number of carbonyl (C=O) groups excluding carboxylic acids is 1. The third-order valence-electron chi connectivity index (χ3n) is 4.99. The van der Waals surface area contributed by atoms with E-state index in [2.05, 4.69) is 46.1 Å². The van der Waals surface area contributed by atoms with Crippen molar-refractivity contribution in [3.05, 3.63) is 76.4 Å². The average Bonchev–Trinajstić information content (AvgIpc) is 3.26. The molecule has 5 nitrogen and oxygen atoms in total. The van der Waals surface area contributed by atoms with E-state index in [0.717, 1.165) is 38.6 Å². The fourth-order valence-electron chi connectivity index (χ4n) is 3.55. The number of nitrogens with zero attached hydrogens (tertiary/aromatic N) is 3. The van der Waals surface area contributed by atoms with Crippen LogP contribution in [0.15, 0.2) is 59.7 Å². The Labute approximate surface area is 173 Å². The molecule has 0 radical (unpaired) electrons. The monoisotopic (exact) mass is 402 g/mol. The van der Waals surface area contributed by atoms with Crippen molar-refractivity contribution >= 4 is 34.4 Å². The second-order valence-corrected chi connectivity index (χ2v) is 7.95. The predicted octanol–water partition coefficient (Wildman–Crippen LogP) is 5.17. The summed E-state index contributed by atoms with van der Waals surface area (Å²) < 4.78 is 2.25. The van der Waals surface area contributed by atoms with Gasteiger partial charge in [0.1, 0.15) is 10.7 Å². The van der Waals surface area contributed by atoms with Gasteiger partial charge in [-0.25, -0.2) is 10.4 Å². The van der Waals surface area contributed by atoms with Gasteiger partial charge in [0.2, 0.25) is 0 Å². The lowest BCUT2D eigenvalue weighted by molar-refractivity contribution is 0.0950. The zero-order chi connectivity index (χ0) is 20.4. The maximum atomic E-state index is 12.6. The summed E-state index contributed by atoms with van der Waals surface area (Å²) in [6.07, 6.45) is 1.72. The molecule has 0 aliphatic heterocycles. The van der Waals surface area contributed by atoms with E-state index in [1.165, 1.54) is 16.9 Å². The van der Waals surface area contributed by atoms with Crippen molar-refractivity contribution in [3.8, 4) is 10.6 Å². The molecule has 4 aromatic rings. The Morgan fingerprint density at radius 2 is 1.86 bits per heavy atom. The number of aryl methyl sites for hydroxylation is 2. The van der Waals surface area contributed by atoms with Gasteiger partial charge in [0, 0.05) is 39.1 Å². The number of rotatable bonds is 5. The Kier molecular flexibility index (Phi) is 5.27. The van der Waals surface area contributed by atoms with Gasteiger partial charge in [-0.15, -0.1) is 11.3 Å². The van der Waals surface area contributed by atoms with Gasteiger partial charge < -0.3 is 4.57 Å². The summed E-state index contributed by atoms with van der Waals surface area (Å²) in [4.78, 5) is 18.0. The Hall–Kier alpha value is -3.25. The highest BCUT2D eigenvalue weighted by molar-refractivity contribution is 7.15. The fraction of sp³-hybridized carbons (Fsp3) is 0.174. The van der Waals surface area contributed by atoms with Crippen molar-refractivity contribution in [3.63, 3.8) is 0 Å². The number of para-hydroxylation sites is 1. The molecule has 29 heavy (non-hydrogen) atoms. The lowest BCUT2D eigenvalue weighted by Crippen LogP contribution is -2.19. The molecule has 0 saturated heterocycles. The lowest BCUT2D eigenvalue weighted by Gasteiger charge is -2.03. The second kappa shape index (κ2) is 8.01. The van der Waals surface area contributed by atoms with Crippen LogP contribution in [0.5, 0.6) is 0 Å². The van der Waals surface area contributed by atoms with Gasteiger partial charge in [-0.05, 0) is 26.8 Å². The molecule has 0 bridgehead atoms. The van der Waals surface area contributed by atoms with Gasteiger partial charge in [0.15, 0.2) is 0 Å². The molecular weight excluding hydrogens is 380 g/mol.